The zero-order valence-corrected chi connectivity index (χ0v) is 15.8. The molecule has 0 spiro atoms. The number of nitrogens with two attached hydrogens (primary N) is 1. The number of hydrogen-bond acceptors (Lipinski definition) is 2. The molecule has 0 aromatic heterocycles. The molecule has 0 bridgehead atoms. The van der Waals surface area contributed by atoms with Gasteiger partial charge in [-0.15, -0.1) is 24.0 Å². The van der Waals surface area contributed by atoms with E-state index in [-0.39, 0.29) is 24.0 Å². The van der Waals surface area contributed by atoms with Crippen molar-refractivity contribution >= 4 is 29.9 Å². The fourth-order valence-corrected chi connectivity index (χ4v) is 1.88. The molecule has 0 unspecified atom stereocenters. The van der Waals surface area contributed by atoms with Gasteiger partial charge in [-0.25, -0.2) is 0 Å². The van der Waals surface area contributed by atoms with Gasteiger partial charge in [-0.2, -0.15) is 0 Å². The van der Waals surface area contributed by atoms with Gasteiger partial charge >= 0.3 is 0 Å². The highest BCUT2D eigenvalue weighted by molar-refractivity contribution is 14.0. The van der Waals surface area contributed by atoms with Crippen LogP contribution in [-0.2, 0) is 6.54 Å². The maximum Gasteiger partial charge on any atom is 0.188 e. The fourth-order valence-electron chi connectivity index (χ4n) is 1.88. The smallest absolute Gasteiger partial charge is 0.188 e. The molecule has 0 radical (unpaired) electrons. The Hall–Kier alpha value is -0.980. The summed E-state index contributed by atoms with van der Waals surface area (Å²) < 4.78 is 5.91. The van der Waals surface area contributed by atoms with E-state index in [1.54, 1.807) is 7.05 Å². The van der Waals surface area contributed by atoms with Crippen molar-refractivity contribution in [2.24, 2.45) is 16.6 Å². The minimum atomic E-state index is 0. The van der Waals surface area contributed by atoms with E-state index in [0.29, 0.717) is 12.5 Å². The molecule has 3 N–H and O–H groups in total. The lowest BCUT2D eigenvalue weighted by Gasteiger charge is -2.14. The predicted octanol–water partition coefficient (Wildman–Crippen LogP) is 3.46. The van der Waals surface area contributed by atoms with Crippen molar-refractivity contribution < 1.29 is 4.74 Å². The summed E-state index contributed by atoms with van der Waals surface area (Å²) in [7, 11) is 1.67. The van der Waals surface area contributed by atoms with Gasteiger partial charge < -0.3 is 15.8 Å². The predicted molar refractivity (Wildman–Crippen MR) is 101 cm³/mol. The summed E-state index contributed by atoms with van der Waals surface area (Å²) in [4.78, 5) is 3.89. The Morgan fingerprint density at radius 2 is 2.10 bits per heavy atom. The molecule has 1 aromatic carbocycles. The van der Waals surface area contributed by atoms with Gasteiger partial charge in [0, 0.05) is 19.2 Å². The van der Waals surface area contributed by atoms with Crippen molar-refractivity contribution in [3.63, 3.8) is 0 Å². The topological polar surface area (TPSA) is 59.6 Å². The number of aliphatic imine (C=N–C) groups is 1. The summed E-state index contributed by atoms with van der Waals surface area (Å²) in [5, 5.41) is 3.06. The third-order valence-corrected chi connectivity index (χ3v) is 3.11. The second kappa shape index (κ2) is 10.7. The molecule has 1 aromatic rings. The van der Waals surface area contributed by atoms with Crippen molar-refractivity contribution in [3.8, 4) is 5.75 Å². The normalized spacial score (nSPS) is 11.2. The summed E-state index contributed by atoms with van der Waals surface area (Å²) in [5.41, 5.74) is 7.96. The third kappa shape index (κ3) is 8.14. The van der Waals surface area contributed by atoms with Crippen LogP contribution in [0.1, 0.15) is 37.8 Å². The summed E-state index contributed by atoms with van der Waals surface area (Å²) in [5.74, 6) is 2.10. The molecule has 0 aliphatic heterocycles. The third-order valence-electron chi connectivity index (χ3n) is 3.11. The number of nitrogens with zero attached hydrogens (tertiary/aromatic N) is 1. The van der Waals surface area contributed by atoms with E-state index in [0.717, 1.165) is 30.3 Å². The molecule has 0 saturated heterocycles. The van der Waals surface area contributed by atoms with Crippen LogP contribution in [-0.4, -0.2) is 19.6 Å². The van der Waals surface area contributed by atoms with E-state index in [1.807, 2.05) is 0 Å². The first-order chi connectivity index (χ1) is 9.52. The highest BCUT2D eigenvalue weighted by Gasteiger charge is 2.05. The van der Waals surface area contributed by atoms with E-state index in [1.165, 1.54) is 12.0 Å². The van der Waals surface area contributed by atoms with E-state index >= 15 is 0 Å². The number of aryl methyl sites for hydroxylation is 1. The SMILES string of the molecule is CN=C(N)NCc1ccc(C)cc1OCCCC(C)C.I. The van der Waals surface area contributed by atoms with Gasteiger partial charge in [-0.3, -0.25) is 4.99 Å². The number of rotatable bonds is 7. The van der Waals surface area contributed by atoms with Crippen LogP contribution in [0.25, 0.3) is 0 Å². The second-order valence-corrected chi connectivity index (χ2v) is 5.46. The van der Waals surface area contributed by atoms with Crippen LogP contribution < -0.4 is 15.8 Å². The summed E-state index contributed by atoms with van der Waals surface area (Å²) in [6, 6.07) is 6.23. The van der Waals surface area contributed by atoms with E-state index in [9.17, 15) is 0 Å². The lowest BCUT2D eigenvalue weighted by Crippen LogP contribution is -2.30. The number of guanidine groups is 1. The van der Waals surface area contributed by atoms with E-state index < -0.39 is 0 Å². The first kappa shape index (κ1) is 20.0. The first-order valence-electron chi connectivity index (χ1n) is 7.21. The van der Waals surface area contributed by atoms with Gasteiger partial charge in [-0.05, 0) is 37.3 Å². The molecule has 0 heterocycles. The number of ether oxygens (including phenoxy) is 1. The van der Waals surface area contributed by atoms with Crippen molar-refractivity contribution in [2.45, 2.75) is 40.2 Å². The van der Waals surface area contributed by atoms with Crippen LogP contribution in [0, 0.1) is 12.8 Å². The molecule has 0 aliphatic carbocycles. The maximum absolute atomic E-state index is 5.91. The highest BCUT2D eigenvalue weighted by atomic mass is 127. The van der Waals surface area contributed by atoms with Crippen LogP contribution in [0.15, 0.2) is 23.2 Å². The molecule has 4 nitrogen and oxygen atoms in total. The molecule has 0 aliphatic rings. The Kier molecular flexibility index (Phi) is 10.2. The molecule has 120 valence electrons. The second-order valence-electron chi connectivity index (χ2n) is 5.46. The maximum atomic E-state index is 5.91. The van der Waals surface area contributed by atoms with Gasteiger partial charge in [0.15, 0.2) is 5.96 Å². The molecular weight excluding hydrogens is 377 g/mol. The van der Waals surface area contributed by atoms with Gasteiger partial charge in [0.2, 0.25) is 0 Å². The van der Waals surface area contributed by atoms with Crippen LogP contribution in [0.2, 0.25) is 0 Å². The Morgan fingerprint density at radius 1 is 1.38 bits per heavy atom. The number of benzene rings is 1. The number of hydrogen-bond donors (Lipinski definition) is 2. The molecule has 0 amide bonds. The van der Waals surface area contributed by atoms with Gasteiger partial charge in [0.05, 0.1) is 6.61 Å². The highest BCUT2D eigenvalue weighted by Crippen LogP contribution is 2.21. The van der Waals surface area contributed by atoms with Crippen LogP contribution in [0.3, 0.4) is 0 Å². The van der Waals surface area contributed by atoms with Gasteiger partial charge in [0.25, 0.3) is 0 Å². The van der Waals surface area contributed by atoms with Crippen molar-refractivity contribution in [1.29, 1.82) is 0 Å². The molecule has 5 heteroatoms. The van der Waals surface area contributed by atoms with Crippen molar-refractivity contribution in [3.05, 3.63) is 29.3 Å². The van der Waals surface area contributed by atoms with Crippen molar-refractivity contribution in [1.82, 2.24) is 5.32 Å². The van der Waals surface area contributed by atoms with Crippen LogP contribution in [0.5, 0.6) is 5.75 Å². The Balaban J connectivity index is 0.00000400. The molecule has 0 saturated carbocycles. The van der Waals surface area contributed by atoms with Gasteiger partial charge in [0.1, 0.15) is 5.75 Å². The minimum absolute atomic E-state index is 0. The first-order valence-corrected chi connectivity index (χ1v) is 7.21. The molecule has 0 fully saturated rings. The van der Waals surface area contributed by atoms with Gasteiger partial charge in [-0.1, -0.05) is 26.0 Å². The standard InChI is InChI=1S/C16H27N3O.HI/c1-12(2)6-5-9-20-15-10-13(3)7-8-14(15)11-19-16(17)18-4;/h7-8,10,12H,5-6,9,11H2,1-4H3,(H3,17,18,19);1H. The largest absolute Gasteiger partial charge is 0.493 e. The number of halogens is 1. The Labute approximate surface area is 145 Å². The van der Waals surface area contributed by atoms with Crippen LogP contribution >= 0.6 is 24.0 Å². The lowest BCUT2D eigenvalue weighted by atomic mass is 10.1. The molecular formula is C16H28IN3O. The lowest BCUT2D eigenvalue weighted by molar-refractivity contribution is 0.294. The summed E-state index contributed by atoms with van der Waals surface area (Å²) in [6.45, 7) is 7.92. The zero-order valence-electron chi connectivity index (χ0n) is 13.5. The number of nitrogens with one attached hydrogen (secondary N) is 1. The monoisotopic (exact) mass is 405 g/mol. The summed E-state index contributed by atoms with van der Waals surface area (Å²) >= 11 is 0. The zero-order chi connectivity index (χ0) is 15.0. The molecule has 21 heavy (non-hydrogen) atoms. The minimum Gasteiger partial charge on any atom is -0.493 e. The Morgan fingerprint density at radius 3 is 2.71 bits per heavy atom. The average molecular weight is 405 g/mol. The average Bonchev–Trinajstić information content (AvgIpc) is 2.42. The molecule has 0 atom stereocenters. The van der Waals surface area contributed by atoms with Crippen LogP contribution in [0.4, 0.5) is 0 Å². The Bertz CT molecular complexity index is 447. The fraction of sp³-hybridized carbons (Fsp3) is 0.562. The summed E-state index contributed by atoms with van der Waals surface area (Å²) in [6.07, 6.45) is 2.27. The van der Waals surface area contributed by atoms with E-state index in [4.69, 9.17) is 10.5 Å². The quantitative estimate of drug-likeness (QED) is 0.316. The molecule has 1 rings (SSSR count). The van der Waals surface area contributed by atoms with E-state index in [2.05, 4.69) is 49.3 Å². The van der Waals surface area contributed by atoms with Crippen molar-refractivity contribution in [2.75, 3.05) is 13.7 Å².